The number of halogens is 1. The number of nitrogens with zero attached hydrogens (tertiary/aromatic N) is 3. The van der Waals surface area contributed by atoms with E-state index in [0.29, 0.717) is 37.4 Å². The zero-order valence-corrected chi connectivity index (χ0v) is 16.5. The van der Waals surface area contributed by atoms with Crippen molar-refractivity contribution in [1.29, 1.82) is 0 Å². The second-order valence-corrected chi connectivity index (χ2v) is 5.02. The summed E-state index contributed by atoms with van der Waals surface area (Å²) in [6.45, 7) is 8.15. The van der Waals surface area contributed by atoms with Gasteiger partial charge in [0.05, 0.1) is 6.54 Å². The molecule has 0 saturated heterocycles. The van der Waals surface area contributed by atoms with Gasteiger partial charge in [-0.05, 0) is 32.9 Å². The van der Waals surface area contributed by atoms with E-state index >= 15 is 0 Å². The Morgan fingerprint density at radius 2 is 1.96 bits per heavy atom. The van der Waals surface area contributed by atoms with E-state index in [1.54, 1.807) is 6.92 Å². The van der Waals surface area contributed by atoms with Crippen LogP contribution in [-0.4, -0.2) is 35.8 Å². The van der Waals surface area contributed by atoms with Crippen LogP contribution in [0.15, 0.2) is 33.8 Å². The highest BCUT2D eigenvalue weighted by Gasteiger charge is 2.03. The Hall–Kier alpha value is -1.84. The van der Waals surface area contributed by atoms with Crippen LogP contribution in [-0.2, 0) is 6.54 Å². The first-order chi connectivity index (χ1) is 11.2. The zero-order valence-electron chi connectivity index (χ0n) is 14.2. The van der Waals surface area contributed by atoms with Crippen LogP contribution in [0, 0.1) is 13.8 Å². The molecule has 2 rings (SSSR count). The van der Waals surface area contributed by atoms with Gasteiger partial charge in [0.25, 0.3) is 0 Å². The SMILES string of the molecule is CCNC(=NCc1nc(C)no1)NCCOc1ccc(C)cc1.I. The minimum atomic E-state index is 0. The molecule has 1 heterocycles. The van der Waals surface area contributed by atoms with E-state index in [1.807, 2.05) is 31.2 Å². The standard InChI is InChI=1S/C16H23N5O2.HI/c1-4-17-16(19-11-15-20-13(3)21-23-15)18-9-10-22-14-7-5-12(2)6-8-14;/h5-8H,4,9-11H2,1-3H3,(H2,17,18,19);1H. The maximum atomic E-state index is 5.67. The topological polar surface area (TPSA) is 84.6 Å². The number of guanidine groups is 1. The molecule has 0 amide bonds. The van der Waals surface area contributed by atoms with E-state index in [1.165, 1.54) is 5.56 Å². The predicted octanol–water partition coefficient (Wildman–Crippen LogP) is 2.44. The highest BCUT2D eigenvalue weighted by Crippen LogP contribution is 2.10. The third-order valence-electron chi connectivity index (χ3n) is 2.97. The Morgan fingerprint density at radius 1 is 1.21 bits per heavy atom. The molecule has 24 heavy (non-hydrogen) atoms. The fourth-order valence-electron chi connectivity index (χ4n) is 1.87. The summed E-state index contributed by atoms with van der Waals surface area (Å²) in [6, 6.07) is 7.99. The van der Waals surface area contributed by atoms with Gasteiger partial charge in [-0.2, -0.15) is 4.98 Å². The summed E-state index contributed by atoms with van der Waals surface area (Å²) in [6.07, 6.45) is 0. The molecule has 0 aliphatic rings. The minimum Gasteiger partial charge on any atom is -0.492 e. The van der Waals surface area contributed by atoms with E-state index in [-0.39, 0.29) is 24.0 Å². The van der Waals surface area contributed by atoms with Crippen molar-refractivity contribution in [2.45, 2.75) is 27.3 Å². The average Bonchev–Trinajstić information content (AvgIpc) is 2.96. The molecule has 1 aromatic heterocycles. The molecule has 0 spiro atoms. The van der Waals surface area contributed by atoms with Gasteiger partial charge in [-0.1, -0.05) is 22.9 Å². The smallest absolute Gasteiger partial charge is 0.248 e. The molecule has 2 N–H and O–H groups in total. The van der Waals surface area contributed by atoms with Crippen LogP contribution >= 0.6 is 24.0 Å². The van der Waals surface area contributed by atoms with Gasteiger partial charge in [0.15, 0.2) is 11.8 Å². The lowest BCUT2D eigenvalue weighted by Gasteiger charge is -2.11. The molecule has 0 bridgehead atoms. The first kappa shape index (κ1) is 20.2. The second-order valence-electron chi connectivity index (χ2n) is 5.02. The van der Waals surface area contributed by atoms with Crippen molar-refractivity contribution in [3.63, 3.8) is 0 Å². The lowest BCUT2D eigenvalue weighted by atomic mass is 10.2. The number of hydrogen-bond donors (Lipinski definition) is 2. The van der Waals surface area contributed by atoms with Crippen molar-refractivity contribution in [2.24, 2.45) is 4.99 Å². The molecule has 0 unspecified atom stereocenters. The second kappa shape index (κ2) is 10.8. The Morgan fingerprint density at radius 3 is 2.58 bits per heavy atom. The molecule has 0 radical (unpaired) electrons. The largest absolute Gasteiger partial charge is 0.492 e. The summed E-state index contributed by atoms with van der Waals surface area (Å²) in [4.78, 5) is 8.52. The first-order valence-corrected chi connectivity index (χ1v) is 7.68. The maximum Gasteiger partial charge on any atom is 0.248 e. The van der Waals surface area contributed by atoms with Gasteiger partial charge in [-0.25, -0.2) is 4.99 Å². The van der Waals surface area contributed by atoms with Crippen LogP contribution in [0.4, 0.5) is 0 Å². The molecule has 0 fully saturated rings. The number of rotatable bonds is 7. The van der Waals surface area contributed by atoms with Crippen LogP contribution in [0.5, 0.6) is 5.75 Å². The van der Waals surface area contributed by atoms with Gasteiger partial charge < -0.3 is 19.9 Å². The molecule has 2 aromatic rings. The van der Waals surface area contributed by atoms with Crippen LogP contribution in [0.2, 0.25) is 0 Å². The highest BCUT2D eigenvalue weighted by molar-refractivity contribution is 14.0. The lowest BCUT2D eigenvalue weighted by Crippen LogP contribution is -2.39. The lowest BCUT2D eigenvalue weighted by molar-refractivity contribution is 0.322. The monoisotopic (exact) mass is 445 g/mol. The summed E-state index contributed by atoms with van der Waals surface area (Å²) in [7, 11) is 0. The number of nitrogens with one attached hydrogen (secondary N) is 2. The number of aromatic nitrogens is 2. The summed E-state index contributed by atoms with van der Waals surface area (Å²) in [5.74, 6) is 2.66. The molecule has 8 heteroatoms. The third kappa shape index (κ3) is 7.16. The van der Waals surface area contributed by atoms with Crippen LogP contribution in [0.3, 0.4) is 0 Å². The van der Waals surface area contributed by atoms with Crippen molar-refractivity contribution in [3.05, 3.63) is 41.5 Å². The number of aryl methyl sites for hydroxylation is 2. The Bertz CT molecular complexity index is 628. The molecule has 1 aromatic carbocycles. The van der Waals surface area contributed by atoms with Crippen molar-refractivity contribution in [2.75, 3.05) is 19.7 Å². The molecular weight excluding hydrogens is 421 g/mol. The Balaban J connectivity index is 0.00000288. The van der Waals surface area contributed by atoms with Gasteiger partial charge in [-0.15, -0.1) is 24.0 Å². The fraction of sp³-hybridized carbons (Fsp3) is 0.438. The van der Waals surface area contributed by atoms with E-state index in [0.717, 1.165) is 12.3 Å². The number of hydrogen-bond acceptors (Lipinski definition) is 5. The van der Waals surface area contributed by atoms with Gasteiger partial charge in [0, 0.05) is 6.54 Å². The molecule has 0 aliphatic heterocycles. The molecule has 0 aliphatic carbocycles. The van der Waals surface area contributed by atoms with E-state index in [2.05, 4.69) is 32.7 Å². The predicted molar refractivity (Wildman–Crippen MR) is 104 cm³/mol. The average molecular weight is 445 g/mol. The van der Waals surface area contributed by atoms with Gasteiger partial charge in [0.2, 0.25) is 5.89 Å². The third-order valence-corrected chi connectivity index (χ3v) is 2.97. The number of aliphatic imine (C=N–C) groups is 1. The molecular formula is C16H24IN5O2. The van der Waals surface area contributed by atoms with Crippen molar-refractivity contribution < 1.29 is 9.26 Å². The zero-order chi connectivity index (χ0) is 16.5. The van der Waals surface area contributed by atoms with Crippen molar-refractivity contribution in [1.82, 2.24) is 20.8 Å². The Kier molecular flexibility index (Phi) is 9.13. The van der Waals surface area contributed by atoms with Crippen LogP contribution < -0.4 is 15.4 Å². The highest BCUT2D eigenvalue weighted by atomic mass is 127. The van der Waals surface area contributed by atoms with Gasteiger partial charge >= 0.3 is 0 Å². The summed E-state index contributed by atoms with van der Waals surface area (Å²) >= 11 is 0. The normalized spacial score (nSPS) is 10.9. The van der Waals surface area contributed by atoms with E-state index in [4.69, 9.17) is 9.26 Å². The van der Waals surface area contributed by atoms with Crippen LogP contribution in [0.25, 0.3) is 0 Å². The number of ether oxygens (including phenoxy) is 1. The van der Waals surface area contributed by atoms with Gasteiger partial charge in [-0.3, -0.25) is 0 Å². The fourth-order valence-corrected chi connectivity index (χ4v) is 1.87. The minimum absolute atomic E-state index is 0. The summed E-state index contributed by atoms with van der Waals surface area (Å²) < 4.78 is 10.7. The number of benzene rings is 1. The quantitative estimate of drug-likeness (QED) is 0.295. The van der Waals surface area contributed by atoms with E-state index < -0.39 is 0 Å². The Labute approximate surface area is 159 Å². The molecule has 0 atom stereocenters. The van der Waals surface area contributed by atoms with Crippen molar-refractivity contribution >= 4 is 29.9 Å². The van der Waals surface area contributed by atoms with Gasteiger partial charge in [0.1, 0.15) is 18.9 Å². The van der Waals surface area contributed by atoms with Crippen molar-refractivity contribution in [3.8, 4) is 5.75 Å². The van der Waals surface area contributed by atoms with Crippen LogP contribution in [0.1, 0.15) is 24.2 Å². The molecule has 0 saturated carbocycles. The summed E-state index contributed by atoms with van der Waals surface area (Å²) in [5, 5.41) is 10.1. The maximum absolute atomic E-state index is 5.67. The molecule has 7 nitrogen and oxygen atoms in total. The summed E-state index contributed by atoms with van der Waals surface area (Å²) in [5.41, 5.74) is 1.22. The van der Waals surface area contributed by atoms with E-state index in [9.17, 15) is 0 Å². The first-order valence-electron chi connectivity index (χ1n) is 7.68. The molecule has 132 valence electrons.